The molecule has 16 heavy (non-hydrogen) atoms. The average Bonchev–Trinajstić information content (AvgIpc) is 2.30. The highest BCUT2D eigenvalue weighted by atomic mass is 19.1. The normalized spacial score (nSPS) is 21.1. The second-order valence-electron chi connectivity index (χ2n) is 4.49. The number of pyridine rings is 1. The van der Waals surface area contributed by atoms with Crippen molar-refractivity contribution < 1.29 is 4.39 Å². The molecule has 0 bridgehead atoms. The van der Waals surface area contributed by atoms with Gasteiger partial charge < -0.3 is 4.90 Å². The number of halogens is 1. The molecule has 0 amide bonds. The summed E-state index contributed by atoms with van der Waals surface area (Å²) in [6, 6.07) is 2.17. The van der Waals surface area contributed by atoms with Crippen molar-refractivity contribution in [1.29, 1.82) is 0 Å². The van der Waals surface area contributed by atoms with Crippen molar-refractivity contribution in [2.45, 2.75) is 45.1 Å². The van der Waals surface area contributed by atoms with E-state index < -0.39 is 0 Å². The summed E-state index contributed by atoms with van der Waals surface area (Å²) in [7, 11) is 0. The van der Waals surface area contributed by atoms with Crippen molar-refractivity contribution >= 4 is 5.69 Å². The SMILES string of the molecule is CCC[C@H]1CCCCN1c1cncc(F)c1. The Morgan fingerprint density at radius 1 is 1.44 bits per heavy atom. The predicted molar refractivity (Wildman–Crippen MR) is 64.1 cm³/mol. The smallest absolute Gasteiger partial charge is 0.143 e. The molecule has 0 aromatic carbocycles. The van der Waals surface area contributed by atoms with Gasteiger partial charge in [-0.3, -0.25) is 4.98 Å². The van der Waals surface area contributed by atoms with Crippen LogP contribution in [0.4, 0.5) is 10.1 Å². The second kappa shape index (κ2) is 5.28. The van der Waals surface area contributed by atoms with Crippen LogP contribution < -0.4 is 4.90 Å². The van der Waals surface area contributed by atoms with Crippen LogP contribution in [0.3, 0.4) is 0 Å². The van der Waals surface area contributed by atoms with Crippen molar-refractivity contribution in [1.82, 2.24) is 4.98 Å². The van der Waals surface area contributed by atoms with Crippen molar-refractivity contribution in [2.24, 2.45) is 0 Å². The van der Waals surface area contributed by atoms with Crippen LogP contribution in [0.2, 0.25) is 0 Å². The van der Waals surface area contributed by atoms with Crippen LogP contribution in [0.5, 0.6) is 0 Å². The maximum absolute atomic E-state index is 13.1. The number of anilines is 1. The summed E-state index contributed by atoms with van der Waals surface area (Å²) >= 11 is 0. The third kappa shape index (κ3) is 2.52. The Morgan fingerprint density at radius 2 is 2.31 bits per heavy atom. The fraction of sp³-hybridized carbons (Fsp3) is 0.615. The van der Waals surface area contributed by atoms with Gasteiger partial charge in [-0.1, -0.05) is 13.3 Å². The molecule has 1 aliphatic heterocycles. The Morgan fingerprint density at radius 3 is 3.06 bits per heavy atom. The molecule has 1 fully saturated rings. The van der Waals surface area contributed by atoms with Gasteiger partial charge in [-0.25, -0.2) is 4.39 Å². The lowest BCUT2D eigenvalue weighted by Gasteiger charge is -2.37. The predicted octanol–water partition coefficient (Wildman–Crippen LogP) is 3.38. The second-order valence-corrected chi connectivity index (χ2v) is 4.49. The molecule has 3 heteroatoms. The highest BCUT2D eigenvalue weighted by Gasteiger charge is 2.22. The molecule has 1 saturated heterocycles. The highest BCUT2D eigenvalue weighted by Crippen LogP contribution is 2.26. The molecule has 0 radical (unpaired) electrons. The molecular weight excluding hydrogens is 203 g/mol. The third-order valence-electron chi connectivity index (χ3n) is 3.27. The van der Waals surface area contributed by atoms with Crippen LogP contribution in [-0.2, 0) is 0 Å². The Bertz CT molecular complexity index is 338. The van der Waals surface area contributed by atoms with Crippen molar-refractivity contribution in [3.63, 3.8) is 0 Å². The van der Waals surface area contributed by atoms with Gasteiger partial charge in [0.25, 0.3) is 0 Å². The molecule has 0 saturated carbocycles. The fourth-order valence-corrected chi connectivity index (χ4v) is 2.53. The van der Waals surface area contributed by atoms with Crippen LogP contribution in [0.1, 0.15) is 39.0 Å². The molecule has 1 aromatic heterocycles. The standard InChI is InChI=1S/C13H19FN2/c1-2-5-12-6-3-4-7-16(12)13-8-11(14)9-15-10-13/h8-10,12H,2-7H2,1H3/t12-/m0/s1. The van der Waals surface area contributed by atoms with Gasteiger partial charge in [0.05, 0.1) is 18.1 Å². The molecule has 88 valence electrons. The van der Waals surface area contributed by atoms with E-state index in [-0.39, 0.29) is 5.82 Å². The minimum Gasteiger partial charge on any atom is -0.367 e. The van der Waals surface area contributed by atoms with Gasteiger partial charge in [-0.05, 0) is 25.7 Å². The maximum Gasteiger partial charge on any atom is 0.143 e. The summed E-state index contributed by atoms with van der Waals surface area (Å²) in [5, 5.41) is 0. The zero-order chi connectivity index (χ0) is 11.4. The molecule has 0 N–H and O–H groups in total. The average molecular weight is 222 g/mol. The van der Waals surface area contributed by atoms with Crippen LogP contribution in [0.25, 0.3) is 0 Å². The summed E-state index contributed by atoms with van der Waals surface area (Å²) in [5.41, 5.74) is 0.943. The van der Waals surface area contributed by atoms with E-state index in [9.17, 15) is 4.39 Å². The van der Waals surface area contributed by atoms with Gasteiger partial charge in [-0.2, -0.15) is 0 Å². The molecule has 1 atom stereocenters. The fourth-order valence-electron chi connectivity index (χ4n) is 2.53. The van der Waals surface area contributed by atoms with E-state index in [0.29, 0.717) is 6.04 Å². The molecule has 1 aromatic rings. The molecule has 0 aliphatic carbocycles. The first-order chi connectivity index (χ1) is 7.81. The topological polar surface area (TPSA) is 16.1 Å². The molecule has 0 unspecified atom stereocenters. The highest BCUT2D eigenvalue weighted by molar-refractivity contribution is 5.45. The third-order valence-corrected chi connectivity index (χ3v) is 3.27. The minimum absolute atomic E-state index is 0.238. The van der Waals surface area contributed by atoms with Gasteiger partial charge in [0.15, 0.2) is 0 Å². The van der Waals surface area contributed by atoms with Gasteiger partial charge in [-0.15, -0.1) is 0 Å². The van der Waals surface area contributed by atoms with Gasteiger partial charge in [0.2, 0.25) is 0 Å². The first-order valence-electron chi connectivity index (χ1n) is 6.18. The largest absolute Gasteiger partial charge is 0.367 e. The number of piperidine rings is 1. The van der Waals surface area contributed by atoms with Crippen molar-refractivity contribution in [2.75, 3.05) is 11.4 Å². The van der Waals surface area contributed by atoms with Gasteiger partial charge >= 0.3 is 0 Å². The quantitative estimate of drug-likeness (QED) is 0.779. The molecule has 2 heterocycles. The minimum atomic E-state index is -0.238. The van der Waals surface area contributed by atoms with E-state index in [2.05, 4.69) is 16.8 Å². The van der Waals surface area contributed by atoms with E-state index in [4.69, 9.17) is 0 Å². The Labute approximate surface area is 96.5 Å². The van der Waals surface area contributed by atoms with Crippen LogP contribution in [-0.4, -0.2) is 17.6 Å². The zero-order valence-electron chi connectivity index (χ0n) is 9.82. The van der Waals surface area contributed by atoms with E-state index in [1.807, 2.05) is 0 Å². The number of nitrogens with zero attached hydrogens (tertiary/aromatic N) is 2. The molecular formula is C13H19FN2. The van der Waals surface area contributed by atoms with E-state index >= 15 is 0 Å². The summed E-state index contributed by atoms with van der Waals surface area (Å²) in [4.78, 5) is 6.26. The molecule has 2 nitrogen and oxygen atoms in total. The molecule has 2 rings (SSSR count). The van der Waals surface area contributed by atoms with Crippen LogP contribution in [0, 0.1) is 5.82 Å². The Balaban J connectivity index is 2.16. The maximum atomic E-state index is 13.1. The van der Waals surface area contributed by atoms with E-state index in [1.165, 1.54) is 38.3 Å². The summed E-state index contributed by atoms with van der Waals surface area (Å²) in [5.74, 6) is -0.238. The monoisotopic (exact) mass is 222 g/mol. The van der Waals surface area contributed by atoms with E-state index in [1.54, 1.807) is 12.3 Å². The summed E-state index contributed by atoms with van der Waals surface area (Å²) in [6.07, 6.45) is 9.14. The van der Waals surface area contributed by atoms with E-state index in [0.717, 1.165) is 12.2 Å². The lowest BCUT2D eigenvalue weighted by atomic mass is 9.98. The van der Waals surface area contributed by atoms with Gasteiger partial charge in [0.1, 0.15) is 5.82 Å². The Hall–Kier alpha value is -1.12. The summed E-state index contributed by atoms with van der Waals surface area (Å²) in [6.45, 7) is 3.24. The Kier molecular flexibility index (Phi) is 3.75. The van der Waals surface area contributed by atoms with Crippen molar-refractivity contribution in [3.8, 4) is 0 Å². The van der Waals surface area contributed by atoms with Crippen molar-refractivity contribution in [3.05, 3.63) is 24.3 Å². The zero-order valence-corrected chi connectivity index (χ0v) is 9.82. The summed E-state index contributed by atoms with van der Waals surface area (Å²) < 4.78 is 13.1. The van der Waals surface area contributed by atoms with Crippen LogP contribution >= 0.6 is 0 Å². The number of rotatable bonds is 3. The lowest BCUT2D eigenvalue weighted by Crippen LogP contribution is -2.39. The van der Waals surface area contributed by atoms with Crippen LogP contribution in [0.15, 0.2) is 18.5 Å². The lowest BCUT2D eigenvalue weighted by molar-refractivity contribution is 0.433. The van der Waals surface area contributed by atoms with Gasteiger partial charge in [0, 0.05) is 18.7 Å². The first kappa shape index (κ1) is 11.4. The number of hydrogen-bond donors (Lipinski definition) is 0. The molecule has 0 spiro atoms. The molecule has 1 aliphatic rings. The first-order valence-corrected chi connectivity index (χ1v) is 6.18. The number of aromatic nitrogens is 1. The number of hydrogen-bond acceptors (Lipinski definition) is 2.